The van der Waals surface area contributed by atoms with Gasteiger partial charge < -0.3 is 10.1 Å². The molecule has 0 unspecified atom stereocenters. The van der Waals surface area contributed by atoms with E-state index in [2.05, 4.69) is 5.32 Å². The Balaban J connectivity index is 1.99. The number of hydrogen-bond donors (Lipinski definition) is 1. The zero-order chi connectivity index (χ0) is 23.3. The number of rotatable bonds is 8. The number of anilines is 2. The molecule has 1 amide bonds. The molecule has 0 saturated carbocycles. The number of nitrogens with one attached hydrogen (secondary N) is 1. The number of halogens is 3. The van der Waals surface area contributed by atoms with E-state index in [1.54, 1.807) is 37.3 Å². The summed E-state index contributed by atoms with van der Waals surface area (Å²) in [5.74, 6) is -0.248. The topological polar surface area (TPSA) is 75.7 Å². The number of hydrogen-bond acceptors (Lipinski definition) is 4. The predicted molar refractivity (Wildman–Crippen MR) is 129 cm³/mol. The van der Waals surface area contributed by atoms with Crippen LogP contribution in [0.4, 0.5) is 11.4 Å². The second-order valence-electron chi connectivity index (χ2n) is 6.54. The van der Waals surface area contributed by atoms with Crippen molar-refractivity contribution < 1.29 is 17.9 Å². The highest BCUT2D eigenvalue weighted by atomic mass is 35.5. The zero-order valence-electron chi connectivity index (χ0n) is 16.9. The zero-order valence-corrected chi connectivity index (χ0v) is 20.0. The van der Waals surface area contributed by atoms with Crippen LogP contribution in [-0.2, 0) is 14.8 Å². The molecule has 32 heavy (non-hydrogen) atoms. The maximum absolute atomic E-state index is 13.5. The summed E-state index contributed by atoms with van der Waals surface area (Å²) >= 11 is 17.8. The molecule has 0 aliphatic rings. The van der Waals surface area contributed by atoms with Crippen molar-refractivity contribution in [2.75, 3.05) is 22.8 Å². The lowest BCUT2D eigenvalue weighted by Crippen LogP contribution is -2.38. The second kappa shape index (κ2) is 10.4. The number of nitrogens with zero attached hydrogens (tertiary/aromatic N) is 1. The Hall–Kier alpha value is -2.45. The van der Waals surface area contributed by atoms with Crippen molar-refractivity contribution in [3.05, 3.63) is 81.8 Å². The van der Waals surface area contributed by atoms with Crippen molar-refractivity contribution in [1.29, 1.82) is 0 Å². The van der Waals surface area contributed by atoms with Crippen LogP contribution in [0.25, 0.3) is 0 Å². The maximum atomic E-state index is 13.5. The quantitative estimate of drug-likeness (QED) is 0.408. The minimum atomic E-state index is -4.13. The van der Waals surface area contributed by atoms with Gasteiger partial charge in [0.05, 0.1) is 27.2 Å². The van der Waals surface area contributed by atoms with E-state index in [9.17, 15) is 13.2 Å². The SMILES string of the molecule is CCOc1ccccc1N(CC(=O)Nc1ccc(Cl)c(Cl)c1)S(=O)(=O)c1ccc(Cl)cc1. The first-order valence-electron chi connectivity index (χ1n) is 9.47. The average Bonchev–Trinajstić information content (AvgIpc) is 2.76. The number of carbonyl (C=O) groups is 1. The minimum Gasteiger partial charge on any atom is -0.492 e. The molecule has 1 N–H and O–H groups in total. The molecule has 0 atom stereocenters. The summed E-state index contributed by atoms with van der Waals surface area (Å²) in [5.41, 5.74) is 0.611. The Morgan fingerprint density at radius 3 is 2.31 bits per heavy atom. The Labute approximate surface area is 201 Å². The summed E-state index contributed by atoms with van der Waals surface area (Å²) in [6.45, 7) is 1.60. The summed E-state index contributed by atoms with van der Waals surface area (Å²) in [7, 11) is -4.13. The van der Waals surface area contributed by atoms with Crippen molar-refractivity contribution in [3.63, 3.8) is 0 Å². The van der Waals surface area contributed by atoms with Crippen molar-refractivity contribution in [3.8, 4) is 5.75 Å². The van der Waals surface area contributed by atoms with Crippen LogP contribution in [0.2, 0.25) is 15.1 Å². The molecule has 0 spiro atoms. The van der Waals surface area contributed by atoms with E-state index < -0.39 is 22.5 Å². The summed E-state index contributed by atoms with van der Waals surface area (Å²) in [6, 6.07) is 16.9. The maximum Gasteiger partial charge on any atom is 0.264 e. The van der Waals surface area contributed by atoms with Gasteiger partial charge in [0.25, 0.3) is 10.0 Å². The summed E-state index contributed by atoms with van der Waals surface area (Å²) < 4.78 is 33.6. The first-order valence-corrected chi connectivity index (χ1v) is 12.0. The standard InChI is InChI=1S/C22H19Cl3N2O4S/c1-2-31-21-6-4-3-5-20(21)27(32(29,30)17-10-7-15(23)8-11-17)14-22(28)26-16-9-12-18(24)19(25)13-16/h3-13H,2,14H2,1H3,(H,26,28). The number of ether oxygens (including phenoxy) is 1. The van der Waals surface area contributed by atoms with Gasteiger partial charge in [0.15, 0.2) is 0 Å². The van der Waals surface area contributed by atoms with Gasteiger partial charge in [-0.05, 0) is 61.5 Å². The molecule has 3 rings (SSSR count). The first-order chi connectivity index (χ1) is 15.2. The highest BCUT2D eigenvalue weighted by Gasteiger charge is 2.29. The first kappa shape index (κ1) is 24.2. The number of carbonyl (C=O) groups excluding carboxylic acids is 1. The molecule has 0 aliphatic carbocycles. The van der Waals surface area contributed by atoms with Gasteiger partial charge in [-0.2, -0.15) is 0 Å². The van der Waals surface area contributed by atoms with Gasteiger partial charge in [-0.25, -0.2) is 8.42 Å². The average molecular weight is 514 g/mol. The van der Waals surface area contributed by atoms with Crippen LogP contribution in [0.15, 0.2) is 71.6 Å². The molecule has 0 aliphatic heterocycles. The molecule has 0 fully saturated rings. The molecule has 10 heteroatoms. The van der Waals surface area contributed by atoms with Crippen LogP contribution < -0.4 is 14.4 Å². The number of para-hydroxylation sites is 2. The molecular weight excluding hydrogens is 495 g/mol. The van der Waals surface area contributed by atoms with E-state index in [-0.39, 0.29) is 15.6 Å². The number of amides is 1. The van der Waals surface area contributed by atoms with Gasteiger partial charge in [-0.1, -0.05) is 46.9 Å². The highest BCUT2D eigenvalue weighted by Crippen LogP contribution is 2.33. The molecule has 3 aromatic rings. The van der Waals surface area contributed by atoms with Crippen molar-refractivity contribution in [2.24, 2.45) is 0 Å². The van der Waals surface area contributed by atoms with E-state index in [0.29, 0.717) is 28.1 Å². The van der Waals surface area contributed by atoms with E-state index in [0.717, 1.165) is 4.31 Å². The van der Waals surface area contributed by atoms with E-state index >= 15 is 0 Å². The molecule has 3 aromatic carbocycles. The van der Waals surface area contributed by atoms with Crippen LogP contribution >= 0.6 is 34.8 Å². The lowest BCUT2D eigenvalue weighted by Gasteiger charge is -2.26. The summed E-state index contributed by atoms with van der Waals surface area (Å²) in [6.07, 6.45) is 0. The molecule has 0 heterocycles. The fraction of sp³-hybridized carbons (Fsp3) is 0.136. The van der Waals surface area contributed by atoms with Crippen LogP contribution in [0, 0.1) is 0 Å². The molecule has 168 valence electrons. The molecule has 6 nitrogen and oxygen atoms in total. The molecule has 0 saturated heterocycles. The third-order valence-corrected chi connectivity index (χ3v) is 7.09. The third kappa shape index (κ3) is 5.66. The molecule has 0 radical (unpaired) electrons. The second-order valence-corrected chi connectivity index (χ2v) is 9.66. The van der Waals surface area contributed by atoms with Crippen LogP contribution in [0.1, 0.15) is 6.92 Å². The van der Waals surface area contributed by atoms with Crippen LogP contribution in [0.5, 0.6) is 5.75 Å². The molecule has 0 bridgehead atoms. The minimum absolute atomic E-state index is 0.0180. The van der Waals surface area contributed by atoms with E-state index in [4.69, 9.17) is 39.5 Å². The number of sulfonamides is 1. The van der Waals surface area contributed by atoms with Crippen LogP contribution in [0.3, 0.4) is 0 Å². The Bertz CT molecular complexity index is 1220. The van der Waals surface area contributed by atoms with Gasteiger partial charge in [-0.15, -0.1) is 0 Å². The largest absolute Gasteiger partial charge is 0.492 e. The Kier molecular flexibility index (Phi) is 7.90. The smallest absolute Gasteiger partial charge is 0.264 e. The van der Waals surface area contributed by atoms with Gasteiger partial charge in [0.1, 0.15) is 12.3 Å². The predicted octanol–water partition coefficient (Wildman–Crippen LogP) is 5.88. The summed E-state index contributed by atoms with van der Waals surface area (Å²) in [4.78, 5) is 12.8. The Morgan fingerprint density at radius 2 is 1.66 bits per heavy atom. The highest BCUT2D eigenvalue weighted by molar-refractivity contribution is 7.92. The van der Waals surface area contributed by atoms with Crippen molar-refractivity contribution in [1.82, 2.24) is 0 Å². The van der Waals surface area contributed by atoms with Gasteiger partial charge in [0.2, 0.25) is 5.91 Å². The summed E-state index contributed by atoms with van der Waals surface area (Å²) in [5, 5.41) is 3.63. The monoisotopic (exact) mass is 512 g/mol. The van der Waals surface area contributed by atoms with Crippen LogP contribution in [-0.4, -0.2) is 27.5 Å². The van der Waals surface area contributed by atoms with Crippen molar-refractivity contribution in [2.45, 2.75) is 11.8 Å². The molecular formula is C22H19Cl3N2O4S. The van der Waals surface area contributed by atoms with E-state index in [1.807, 2.05) is 0 Å². The van der Waals surface area contributed by atoms with Gasteiger partial charge in [0, 0.05) is 10.7 Å². The lowest BCUT2D eigenvalue weighted by molar-refractivity contribution is -0.114. The Morgan fingerprint density at radius 1 is 0.969 bits per heavy atom. The molecule has 0 aromatic heterocycles. The lowest BCUT2D eigenvalue weighted by atomic mass is 10.3. The van der Waals surface area contributed by atoms with Gasteiger partial charge >= 0.3 is 0 Å². The fourth-order valence-corrected chi connectivity index (χ4v) is 4.73. The number of benzene rings is 3. The fourth-order valence-electron chi connectivity index (χ4n) is 2.88. The third-order valence-electron chi connectivity index (χ3n) is 4.33. The van der Waals surface area contributed by atoms with Gasteiger partial charge in [-0.3, -0.25) is 9.10 Å². The normalized spacial score (nSPS) is 11.1. The van der Waals surface area contributed by atoms with Crippen molar-refractivity contribution >= 4 is 62.1 Å². The van der Waals surface area contributed by atoms with E-state index in [1.165, 1.54) is 36.4 Å².